The van der Waals surface area contributed by atoms with Gasteiger partial charge in [-0.25, -0.2) is 0 Å². The zero-order chi connectivity index (χ0) is 30.9. The number of hydrogen-bond donors (Lipinski definition) is 2. The largest absolute Gasteiger partial charge is 0.350 e. The molecule has 0 aliphatic carbocycles. The minimum Gasteiger partial charge on any atom is -0.350 e. The van der Waals surface area contributed by atoms with Crippen LogP contribution >= 0.6 is 0 Å². The minimum absolute atomic E-state index is 0.248. The quantitative estimate of drug-likeness (QED) is 0.201. The number of nitrogens with zero attached hydrogens (tertiary/aromatic N) is 7. The Kier molecular flexibility index (Phi) is 7.38. The lowest BCUT2D eigenvalue weighted by Crippen LogP contribution is -2.32. The first kappa shape index (κ1) is 28.1. The number of aromatic nitrogens is 6. The van der Waals surface area contributed by atoms with E-state index in [4.69, 9.17) is 15.0 Å². The second-order valence-corrected chi connectivity index (χ2v) is 11.4. The molecule has 6 aromatic rings. The molecule has 2 aromatic carbocycles. The molecule has 224 valence electrons. The number of carbonyl (C=O) groups excluding carboxylic acids is 1. The van der Waals surface area contributed by atoms with Crippen LogP contribution in [0.4, 0.5) is 17.6 Å². The van der Waals surface area contributed by atoms with Crippen molar-refractivity contribution in [3.8, 4) is 11.3 Å². The van der Waals surface area contributed by atoms with E-state index in [0.717, 1.165) is 57.5 Å². The number of anilines is 3. The Morgan fingerprint density at radius 1 is 1.04 bits per heavy atom. The molecule has 0 saturated carbocycles. The molecule has 4 aromatic heterocycles. The van der Waals surface area contributed by atoms with Gasteiger partial charge in [-0.3, -0.25) is 14.8 Å². The maximum absolute atomic E-state index is 11.8. The van der Waals surface area contributed by atoms with Crippen LogP contribution in [0.2, 0.25) is 0 Å². The number of pyridine rings is 2. The Morgan fingerprint density at radius 2 is 1.93 bits per heavy atom. The number of fused-ring (bicyclic) bond motifs is 3. The van der Waals surface area contributed by atoms with Crippen molar-refractivity contribution < 1.29 is 4.79 Å². The summed E-state index contributed by atoms with van der Waals surface area (Å²) >= 11 is 0. The van der Waals surface area contributed by atoms with Gasteiger partial charge in [0, 0.05) is 66.3 Å². The van der Waals surface area contributed by atoms with Crippen molar-refractivity contribution in [3.05, 3.63) is 114 Å². The highest BCUT2D eigenvalue weighted by Crippen LogP contribution is 2.32. The Hall–Kier alpha value is -5.64. The predicted molar refractivity (Wildman–Crippen MR) is 177 cm³/mol. The van der Waals surface area contributed by atoms with Crippen LogP contribution in [-0.2, 0) is 24.3 Å². The van der Waals surface area contributed by atoms with Gasteiger partial charge >= 0.3 is 0 Å². The molecule has 10 heteroatoms. The van der Waals surface area contributed by atoms with E-state index < -0.39 is 0 Å². The van der Waals surface area contributed by atoms with Crippen molar-refractivity contribution in [2.24, 2.45) is 0 Å². The van der Waals surface area contributed by atoms with E-state index in [0.29, 0.717) is 30.7 Å². The van der Waals surface area contributed by atoms with Gasteiger partial charge < -0.3 is 15.5 Å². The van der Waals surface area contributed by atoms with E-state index in [1.165, 1.54) is 11.6 Å². The van der Waals surface area contributed by atoms with Gasteiger partial charge in [-0.2, -0.15) is 19.6 Å². The highest BCUT2D eigenvalue weighted by atomic mass is 16.1. The first-order valence-electron chi connectivity index (χ1n) is 15.1. The van der Waals surface area contributed by atoms with Crippen LogP contribution in [0.15, 0.2) is 91.9 Å². The molecule has 1 amide bonds. The van der Waals surface area contributed by atoms with Crippen molar-refractivity contribution in [2.45, 2.75) is 39.3 Å². The molecule has 7 rings (SSSR count). The van der Waals surface area contributed by atoms with E-state index in [-0.39, 0.29) is 11.8 Å². The lowest BCUT2D eigenvalue weighted by molar-refractivity contribution is -0.111. The Morgan fingerprint density at radius 3 is 2.80 bits per heavy atom. The number of benzene rings is 2. The number of hydrogen-bond acceptors (Lipinski definition) is 8. The normalized spacial score (nSPS) is 12.8. The lowest BCUT2D eigenvalue weighted by Gasteiger charge is -2.28. The van der Waals surface area contributed by atoms with Gasteiger partial charge in [0.1, 0.15) is 0 Å². The molecule has 0 radical (unpaired) electrons. The molecule has 45 heavy (non-hydrogen) atoms. The molecule has 10 nitrogen and oxygen atoms in total. The minimum atomic E-state index is -0.248. The smallest absolute Gasteiger partial charge is 0.247 e. The van der Waals surface area contributed by atoms with Gasteiger partial charge in [-0.15, -0.1) is 0 Å². The van der Waals surface area contributed by atoms with Gasteiger partial charge in [-0.1, -0.05) is 56.8 Å². The average molecular weight is 596 g/mol. The van der Waals surface area contributed by atoms with Crippen molar-refractivity contribution >= 4 is 39.9 Å². The molecule has 1 aliphatic rings. The summed E-state index contributed by atoms with van der Waals surface area (Å²) in [5.41, 5.74) is 7.85. The fraction of sp³-hybridized carbons (Fsp3) is 0.200. The first-order chi connectivity index (χ1) is 22.0. The Labute approximate surface area is 260 Å². The molecule has 0 spiro atoms. The average Bonchev–Trinajstić information content (AvgIpc) is 3.51. The summed E-state index contributed by atoms with van der Waals surface area (Å²) in [5, 5.41) is 13.1. The standard InChI is InChI=1S/C35H33N9O/c1-4-31(45)40-26-11-12-28-23(18-26)13-16-37-32(28)27-10-6-5-8-24(27)19-38-34-42-35(41-33-29(22(2)3)20-39-44(33)34)43-17-14-30-25(21-43)9-7-15-36-30/h4-13,15-16,18,20,22H,1,14,17,19,21H2,2-3H3,(H,40,45)(H,38,41,42). The van der Waals surface area contributed by atoms with E-state index in [1.807, 2.05) is 54.9 Å². The highest BCUT2D eigenvalue weighted by molar-refractivity contribution is 6.02. The van der Waals surface area contributed by atoms with Gasteiger partial charge in [0.05, 0.1) is 11.9 Å². The van der Waals surface area contributed by atoms with Crippen LogP contribution in [-0.4, -0.2) is 42.0 Å². The fourth-order valence-corrected chi connectivity index (χ4v) is 5.83. The third kappa shape index (κ3) is 5.46. The fourth-order valence-electron chi connectivity index (χ4n) is 5.83. The molecule has 5 heterocycles. The summed E-state index contributed by atoms with van der Waals surface area (Å²) in [4.78, 5) is 33.4. The summed E-state index contributed by atoms with van der Waals surface area (Å²) < 4.78 is 1.80. The number of carbonyl (C=O) groups is 1. The van der Waals surface area contributed by atoms with Crippen LogP contribution in [0.3, 0.4) is 0 Å². The number of amides is 1. The molecule has 1 aliphatic heterocycles. The maximum Gasteiger partial charge on any atom is 0.247 e. The van der Waals surface area contributed by atoms with Gasteiger partial charge in [-0.05, 0) is 52.8 Å². The van der Waals surface area contributed by atoms with E-state index in [1.54, 1.807) is 10.7 Å². The first-order valence-corrected chi connectivity index (χ1v) is 15.1. The second-order valence-electron chi connectivity index (χ2n) is 11.4. The molecule has 0 fully saturated rings. The zero-order valence-corrected chi connectivity index (χ0v) is 25.2. The third-order valence-corrected chi connectivity index (χ3v) is 8.18. The summed E-state index contributed by atoms with van der Waals surface area (Å²) in [5.74, 6) is 1.31. The lowest BCUT2D eigenvalue weighted by atomic mass is 9.99. The SMILES string of the molecule is C=CC(=O)Nc1ccc2c(-c3ccccc3CNc3nc(N4CCc5ncccc5C4)nc4c(C(C)C)cnn34)nccc2c1. The van der Waals surface area contributed by atoms with Gasteiger partial charge in [0.25, 0.3) is 0 Å². The van der Waals surface area contributed by atoms with Crippen molar-refractivity contribution in [1.82, 2.24) is 29.5 Å². The van der Waals surface area contributed by atoms with Gasteiger partial charge in [0.2, 0.25) is 17.8 Å². The van der Waals surface area contributed by atoms with E-state index in [2.05, 4.69) is 64.2 Å². The number of nitrogens with one attached hydrogen (secondary N) is 2. The van der Waals surface area contributed by atoms with Crippen LogP contribution in [0.5, 0.6) is 0 Å². The third-order valence-electron chi connectivity index (χ3n) is 8.18. The molecular formula is C35H33N9O. The predicted octanol–water partition coefficient (Wildman–Crippen LogP) is 6.16. The van der Waals surface area contributed by atoms with E-state index >= 15 is 0 Å². The molecule has 2 N–H and O–H groups in total. The topological polar surface area (TPSA) is 113 Å². The summed E-state index contributed by atoms with van der Waals surface area (Å²) in [6.07, 6.45) is 7.64. The molecule has 0 saturated heterocycles. The Balaban J connectivity index is 1.23. The molecule has 0 bridgehead atoms. The van der Waals surface area contributed by atoms with Crippen molar-refractivity contribution in [2.75, 3.05) is 22.1 Å². The van der Waals surface area contributed by atoms with Crippen molar-refractivity contribution in [1.29, 1.82) is 0 Å². The maximum atomic E-state index is 11.8. The number of rotatable bonds is 8. The van der Waals surface area contributed by atoms with Gasteiger partial charge in [0.15, 0.2) is 5.65 Å². The zero-order valence-electron chi connectivity index (χ0n) is 25.2. The summed E-state index contributed by atoms with van der Waals surface area (Å²) in [6.45, 7) is 9.84. The monoisotopic (exact) mass is 595 g/mol. The van der Waals surface area contributed by atoms with Crippen LogP contribution in [0.1, 0.15) is 42.1 Å². The van der Waals surface area contributed by atoms with Crippen LogP contribution in [0, 0.1) is 0 Å². The van der Waals surface area contributed by atoms with E-state index in [9.17, 15) is 4.79 Å². The molecule has 0 atom stereocenters. The second kappa shape index (κ2) is 11.8. The van der Waals surface area contributed by atoms with Crippen LogP contribution in [0.25, 0.3) is 27.7 Å². The highest BCUT2D eigenvalue weighted by Gasteiger charge is 2.23. The Bertz CT molecular complexity index is 2070. The molecule has 0 unspecified atom stereocenters. The van der Waals surface area contributed by atoms with Crippen molar-refractivity contribution in [3.63, 3.8) is 0 Å². The van der Waals surface area contributed by atoms with Crippen LogP contribution < -0.4 is 15.5 Å². The molecular weight excluding hydrogens is 562 g/mol. The summed E-state index contributed by atoms with van der Waals surface area (Å²) in [6, 6.07) is 20.1. The summed E-state index contributed by atoms with van der Waals surface area (Å²) in [7, 11) is 0.